The molecule has 138 valence electrons. The van der Waals surface area contributed by atoms with Gasteiger partial charge < -0.3 is 19.5 Å². The Morgan fingerprint density at radius 2 is 1.77 bits per heavy atom. The molecule has 0 radical (unpaired) electrons. The van der Waals surface area contributed by atoms with Crippen molar-refractivity contribution in [2.45, 2.75) is 13.8 Å². The number of aryl methyl sites for hydroxylation is 2. The molecule has 0 aliphatic heterocycles. The SMILES string of the molecule is COc1ccc(C(=O)OCC(=O)Nc2cc(C)c(Br)cc2C)c(OC)c1. The van der Waals surface area contributed by atoms with E-state index in [1.807, 2.05) is 26.0 Å². The van der Waals surface area contributed by atoms with E-state index < -0.39 is 18.5 Å². The average molecular weight is 422 g/mol. The van der Waals surface area contributed by atoms with Crippen LogP contribution in [0, 0.1) is 13.8 Å². The predicted octanol–water partition coefficient (Wildman–Crippen LogP) is 3.88. The van der Waals surface area contributed by atoms with Crippen LogP contribution in [-0.4, -0.2) is 32.7 Å². The van der Waals surface area contributed by atoms with Crippen LogP contribution in [-0.2, 0) is 9.53 Å². The number of hydrogen-bond donors (Lipinski definition) is 1. The number of carbonyl (C=O) groups is 2. The van der Waals surface area contributed by atoms with Crippen LogP contribution in [0.25, 0.3) is 0 Å². The van der Waals surface area contributed by atoms with E-state index in [9.17, 15) is 9.59 Å². The van der Waals surface area contributed by atoms with Crippen LogP contribution in [0.2, 0.25) is 0 Å². The Kier molecular flexibility index (Phi) is 6.63. The van der Waals surface area contributed by atoms with Crippen LogP contribution in [0.5, 0.6) is 11.5 Å². The molecule has 6 nitrogen and oxygen atoms in total. The normalized spacial score (nSPS) is 10.2. The second-order valence-electron chi connectivity index (χ2n) is 5.61. The van der Waals surface area contributed by atoms with Crippen molar-refractivity contribution in [2.24, 2.45) is 0 Å². The van der Waals surface area contributed by atoms with Gasteiger partial charge in [0.15, 0.2) is 6.61 Å². The lowest BCUT2D eigenvalue weighted by molar-refractivity contribution is -0.119. The highest BCUT2D eigenvalue weighted by molar-refractivity contribution is 9.10. The van der Waals surface area contributed by atoms with Gasteiger partial charge in [-0.3, -0.25) is 4.79 Å². The van der Waals surface area contributed by atoms with E-state index in [0.717, 1.165) is 15.6 Å². The number of halogens is 1. The summed E-state index contributed by atoms with van der Waals surface area (Å²) < 4.78 is 16.3. The molecule has 0 heterocycles. The highest BCUT2D eigenvalue weighted by Crippen LogP contribution is 2.26. The molecule has 0 aliphatic carbocycles. The first-order chi connectivity index (χ1) is 12.3. The second kappa shape index (κ2) is 8.71. The molecule has 7 heteroatoms. The number of esters is 1. The van der Waals surface area contributed by atoms with Crippen LogP contribution in [0.3, 0.4) is 0 Å². The predicted molar refractivity (Wildman–Crippen MR) is 102 cm³/mol. The molecule has 2 rings (SSSR count). The standard InChI is InChI=1S/C19H20BrNO5/c1-11-8-16(12(2)7-15(11)20)21-18(22)10-26-19(23)14-6-5-13(24-3)9-17(14)25-4/h5-9H,10H2,1-4H3,(H,21,22). The first-order valence-corrected chi connectivity index (χ1v) is 8.60. The molecule has 1 N–H and O–H groups in total. The number of rotatable bonds is 6. The highest BCUT2D eigenvalue weighted by Gasteiger charge is 2.16. The molecule has 26 heavy (non-hydrogen) atoms. The number of nitrogens with one attached hydrogen (secondary N) is 1. The van der Waals surface area contributed by atoms with E-state index in [4.69, 9.17) is 14.2 Å². The summed E-state index contributed by atoms with van der Waals surface area (Å²) in [6, 6.07) is 8.49. The number of benzene rings is 2. The molecule has 0 saturated heterocycles. The van der Waals surface area contributed by atoms with E-state index in [2.05, 4.69) is 21.2 Å². The Bertz CT molecular complexity index is 835. The van der Waals surface area contributed by atoms with Gasteiger partial charge in [0, 0.05) is 16.2 Å². The summed E-state index contributed by atoms with van der Waals surface area (Å²) >= 11 is 3.44. The molecule has 2 aromatic rings. The van der Waals surface area contributed by atoms with Gasteiger partial charge >= 0.3 is 5.97 Å². The fraction of sp³-hybridized carbons (Fsp3) is 0.263. The molecular weight excluding hydrogens is 402 g/mol. The fourth-order valence-corrected chi connectivity index (χ4v) is 2.74. The largest absolute Gasteiger partial charge is 0.497 e. The van der Waals surface area contributed by atoms with Crippen molar-refractivity contribution in [1.82, 2.24) is 0 Å². The molecular formula is C19H20BrNO5. The lowest BCUT2D eigenvalue weighted by Gasteiger charge is -2.12. The summed E-state index contributed by atoms with van der Waals surface area (Å²) in [7, 11) is 2.96. The van der Waals surface area contributed by atoms with Gasteiger partial charge in [0.1, 0.15) is 17.1 Å². The number of methoxy groups -OCH3 is 2. The molecule has 0 aromatic heterocycles. The fourth-order valence-electron chi connectivity index (χ4n) is 2.28. The molecule has 1 amide bonds. The third-order valence-electron chi connectivity index (χ3n) is 3.74. The van der Waals surface area contributed by atoms with Gasteiger partial charge in [-0.15, -0.1) is 0 Å². The molecule has 0 fully saturated rings. The van der Waals surface area contributed by atoms with E-state index >= 15 is 0 Å². The van der Waals surface area contributed by atoms with Crippen LogP contribution in [0.15, 0.2) is 34.8 Å². The molecule has 0 saturated carbocycles. The number of ether oxygens (including phenoxy) is 3. The minimum Gasteiger partial charge on any atom is -0.497 e. The number of anilines is 1. The third kappa shape index (κ3) is 4.76. The summed E-state index contributed by atoms with van der Waals surface area (Å²) in [5, 5.41) is 2.74. The van der Waals surface area contributed by atoms with E-state index in [1.54, 1.807) is 12.1 Å². The first kappa shape index (κ1) is 19.8. The Labute approximate surface area is 160 Å². The molecule has 2 aromatic carbocycles. The van der Waals surface area contributed by atoms with Crippen LogP contribution >= 0.6 is 15.9 Å². The minimum absolute atomic E-state index is 0.219. The zero-order valence-corrected chi connectivity index (χ0v) is 16.6. The summed E-state index contributed by atoms with van der Waals surface area (Å²) in [5.41, 5.74) is 2.79. The summed E-state index contributed by atoms with van der Waals surface area (Å²) in [6.45, 7) is 3.41. The van der Waals surface area contributed by atoms with E-state index in [0.29, 0.717) is 17.2 Å². The Balaban J connectivity index is 2.01. The second-order valence-corrected chi connectivity index (χ2v) is 6.46. The van der Waals surface area contributed by atoms with Crippen LogP contribution in [0.4, 0.5) is 5.69 Å². The topological polar surface area (TPSA) is 73.9 Å². The van der Waals surface area contributed by atoms with Crippen molar-refractivity contribution in [3.05, 3.63) is 51.5 Å². The zero-order valence-electron chi connectivity index (χ0n) is 15.0. The monoisotopic (exact) mass is 421 g/mol. The summed E-state index contributed by atoms with van der Waals surface area (Å²) in [4.78, 5) is 24.3. The van der Waals surface area contributed by atoms with Crippen molar-refractivity contribution in [2.75, 3.05) is 26.1 Å². The minimum atomic E-state index is -0.650. The Morgan fingerprint density at radius 3 is 2.42 bits per heavy atom. The number of hydrogen-bond acceptors (Lipinski definition) is 5. The first-order valence-electron chi connectivity index (χ1n) is 7.81. The van der Waals surface area contributed by atoms with E-state index in [1.165, 1.54) is 20.3 Å². The Morgan fingerprint density at radius 1 is 1.04 bits per heavy atom. The van der Waals surface area contributed by atoms with Gasteiger partial charge in [0.25, 0.3) is 5.91 Å². The lowest BCUT2D eigenvalue weighted by atomic mass is 10.1. The van der Waals surface area contributed by atoms with Gasteiger partial charge in [-0.1, -0.05) is 15.9 Å². The quantitative estimate of drug-likeness (QED) is 0.716. The van der Waals surface area contributed by atoms with Gasteiger partial charge in [0.05, 0.1) is 14.2 Å². The van der Waals surface area contributed by atoms with Gasteiger partial charge in [0.2, 0.25) is 0 Å². The van der Waals surface area contributed by atoms with E-state index in [-0.39, 0.29) is 5.56 Å². The molecule has 0 aliphatic rings. The average Bonchev–Trinajstić information content (AvgIpc) is 2.63. The van der Waals surface area contributed by atoms with Gasteiger partial charge in [-0.2, -0.15) is 0 Å². The molecule has 0 spiro atoms. The highest BCUT2D eigenvalue weighted by atomic mass is 79.9. The van der Waals surface area contributed by atoms with Crippen molar-refractivity contribution in [1.29, 1.82) is 0 Å². The van der Waals surface area contributed by atoms with Crippen LogP contribution in [0.1, 0.15) is 21.5 Å². The number of carbonyl (C=O) groups excluding carboxylic acids is 2. The molecule has 0 bridgehead atoms. The maximum atomic E-state index is 12.2. The van der Waals surface area contributed by atoms with Crippen molar-refractivity contribution < 1.29 is 23.8 Å². The number of amides is 1. The zero-order chi connectivity index (χ0) is 19.3. The van der Waals surface area contributed by atoms with Gasteiger partial charge in [-0.05, 0) is 49.2 Å². The molecule has 0 atom stereocenters. The molecule has 0 unspecified atom stereocenters. The Hall–Kier alpha value is -2.54. The van der Waals surface area contributed by atoms with Crippen molar-refractivity contribution in [3.8, 4) is 11.5 Å². The maximum Gasteiger partial charge on any atom is 0.342 e. The van der Waals surface area contributed by atoms with Crippen molar-refractivity contribution in [3.63, 3.8) is 0 Å². The third-order valence-corrected chi connectivity index (χ3v) is 4.60. The maximum absolute atomic E-state index is 12.2. The summed E-state index contributed by atoms with van der Waals surface area (Å²) in [6.07, 6.45) is 0. The van der Waals surface area contributed by atoms with Gasteiger partial charge in [-0.25, -0.2) is 4.79 Å². The van der Waals surface area contributed by atoms with Crippen LogP contribution < -0.4 is 14.8 Å². The lowest BCUT2D eigenvalue weighted by Crippen LogP contribution is -2.21. The summed E-state index contributed by atoms with van der Waals surface area (Å²) in [5.74, 6) is -0.203. The van der Waals surface area contributed by atoms with Crippen molar-refractivity contribution >= 4 is 33.5 Å². The smallest absolute Gasteiger partial charge is 0.342 e.